The number of fused-ring (bicyclic) bond motifs is 2. The minimum atomic E-state index is -1.13. The first kappa shape index (κ1) is 35.8. The van der Waals surface area contributed by atoms with Crippen molar-refractivity contribution in [2.75, 3.05) is 49.6 Å². The van der Waals surface area contributed by atoms with Gasteiger partial charge in [-0.25, -0.2) is 0 Å². The highest BCUT2D eigenvalue weighted by Gasteiger charge is 2.45. The minimum Gasteiger partial charge on any atom is -0.493 e. The van der Waals surface area contributed by atoms with Gasteiger partial charge in [-0.2, -0.15) is 0 Å². The van der Waals surface area contributed by atoms with Crippen molar-refractivity contribution in [2.24, 2.45) is 5.41 Å². The first-order chi connectivity index (χ1) is 20.7. The summed E-state index contributed by atoms with van der Waals surface area (Å²) in [6.45, 7) is 9.15. The second-order valence-electron chi connectivity index (χ2n) is 11.7. The van der Waals surface area contributed by atoms with Crippen LogP contribution in [-0.2, 0) is 29.0 Å². The van der Waals surface area contributed by atoms with Gasteiger partial charge in [0.1, 0.15) is 11.2 Å². The van der Waals surface area contributed by atoms with Gasteiger partial charge in [0.05, 0.1) is 18.0 Å². The van der Waals surface area contributed by atoms with Crippen molar-refractivity contribution < 1.29 is 19.1 Å². The summed E-state index contributed by atoms with van der Waals surface area (Å²) in [5.41, 5.74) is 4.33. The molecule has 2 aliphatic heterocycles. The lowest BCUT2D eigenvalue weighted by Crippen LogP contribution is -2.47. The standard InChI is InChI=1S/C34H41N5O4.2ClH/c1-5-39-29-12-11-27(22-30(29)37(4)32(41)34(2,3)33(39)42)43-20-8-16-35-23-24-13-17-36-26(21-24)15-19-38-18-14-25-9-6-7-10-28(25)31(38)40;;/h6-7,9-13,17,21-22,35H,5,8,14-16,18-20,23H2,1-4H3;2*1H. The van der Waals surface area contributed by atoms with Crippen LogP contribution in [0.15, 0.2) is 60.8 Å². The average molecular weight is 657 g/mol. The fourth-order valence-electron chi connectivity index (χ4n) is 5.80. The topological polar surface area (TPSA) is 95.1 Å². The number of nitrogens with one attached hydrogen (secondary N) is 1. The Kier molecular flexibility index (Phi) is 12.4. The van der Waals surface area contributed by atoms with Gasteiger partial charge in [0.2, 0.25) is 11.8 Å². The molecule has 0 spiro atoms. The molecule has 3 amide bonds. The normalized spacial score (nSPS) is 15.5. The zero-order valence-electron chi connectivity index (χ0n) is 26.4. The van der Waals surface area contributed by atoms with E-state index >= 15 is 0 Å². The molecule has 45 heavy (non-hydrogen) atoms. The molecule has 242 valence electrons. The number of hydrogen-bond acceptors (Lipinski definition) is 6. The van der Waals surface area contributed by atoms with E-state index < -0.39 is 5.41 Å². The Morgan fingerprint density at radius 2 is 1.76 bits per heavy atom. The number of carbonyl (C=O) groups excluding carboxylic acids is 3. The number of anilines is 2. The van der Waals surface area contributed by atoms with E-state index in [2.05, 4.69) is 16.4 Å². The molecule has 0 fully saturated rings. The lowest BCUT2D eigenvalue weighted by atomic mass is 9.90. The zero-order chi connectivity index (χ0) is 30.6. The van der Waals surface area contributed by atoms with Gasteiger partial charge in [-0.05, 0) is 81.6 Å². The highest BCUT2D eigenvalue weighted by molar-refractivity contribution is 6.20. The molecule has 9 nitrogen and oxygen atoms in total. The van der Waals surface area contributed by atoms with Crippen LogP contribution in [0.1, 0.15) is 54.4 Å². The number of amides is 3. The van der Waals surface area contributed by atoms with Crippen LogP contribution in [0.25, 0.3) is 0 Å². The summed E-state index contributed by atoms with van der Waals surface area (Å²) >= 11 is 0. The molecule has 2 aliphatic rings. The van der Waals surface area contributed by atoms with Crippen LogP contribution < -0.4 is 19.9 Å². The summed E-state index contributed by atoms with van der Waals surface area (Å²) in [7, 11) is 1.71. The maximum atomic E-state index is 13.1. The van der Waals surface area contributed by atoms with E-state index in [-0.39, 0.29) is 42.5 Å². The molecule has 11 heteroatoms. The third kappa shape index (κ3) is 7.77. The van der Waals surface area contributed by atoms with Crippen LogP contribution in [0.2, 0.25) is 0 Å². The number of nitrogens with zero attached hydrogens (tertiary/aromatic N) is 4. The Balaban J connectivity index is 0.00000276. The number of benzene rings is 2. The molecule has 0 radical (unpaired) electrons. The Morgan fingerprint density at radius 3 is 2.53 bits per heavy atom. The van der Waals surface area contributed by atoms with Gasteiger partial charge in [-0.3, -0.25) is 19.4 Å². The zero-order valence-corrected chi connectivity index (χ0v) is 28.0. The van der Waals surface area contributed by atoms with Crippen molar-refractivity contribution in [3.8, 4) is 5.75 Å². The molecule has 5 rings (SSSR count). The summed E-state index contributed by atoms with van der Waals surface area (Å²) in [5.74, 6) is 0.335. The van der Waals surface area contributed by atoms with Crippen molar-refractivity contribution in [2.45, 2.75) is 46.6 Å². The maximum Gasteiger partial charge on any atom is 0.254 e. The van der Waals surface area contributed by atoms with Crippen LogP contribution in [0.3, 0.4) is 0 Å². The summed E-state index contributed by atoms with van der Waals surface area (Å²) in [6, 6.07) is 17.5. The third-order valence-corrected chi connectivity index (χ3v) is 8.33. The second kappa shape index (κ2) is 15.6. The smallest absolute Gasteiger partial charge is 0.254 e. The molecule has 3 heterocycles. The molecule has 0 bridgehead atoms. The number of pyridine rings is 1. The van der Waals surface area contributed by atoms with E-state index in [9.17, 15) is 14.4 Å². The van der Waals surface area contributed by atoms with Crippen molar-refractivity contribution in [3.63, 3.8) is 0 Å². The number of ether oxygens (including phenoxy) is 1. The van der Waals surface area contributed by atoms with Gasteiger partial charge in [-0.15, -0.1) is 24.8 Å². The first-order valence-corrected chi connectivity index (χ1v) is 15.1. The molecule has 2 aromatic carbocycles. The molecule has 0 unspecified atom stereocenters. The fraction of sp³-hybridized carbons (Fsp3) is 0.412. The fourth-order valence-corrected chi connectivity index (χ4v) is 5.80. The van der Waals surface area contributed by atoms with Crippen molar-refractivity contribution in [1.29, 1.82) is 0 Å². The number of carbonyl (C=O) groups is 3. The van der Waals surface area contributed by atoms with Gasteiger partial charge in [0, 0.05) is 63.2 Å². The molecule has 0 aliphatic carbocycles. The average Bonchev–Trinajstić information content (AvgIpc) is 3.07. The quantitative estimate of drug-likeness (QED) is 0.229. The van der Waals surface area contributed by atoms with Gasteiger partial charge in [-0.1, -0.05) is 18.2 Å². The summed E-state index contributed by atoms with van der Waals surface area (Å²) in [6.07, 6.45) is 4.24. The van der Waals surface area contributed by atoms with Crippen LogP contribution in [0.4, 0.5) is 11.4 Å². The number of aromatic nitrogens is 1. The molecule has 1 aromatic heterocycles. The van der Waals surface area contributed by atoms with Gasteiger partial charge in [0.15, 0.2) is 0 Å². The van der Waals surface area contributed by atoms with E-state index in [1.165, 1.54) is 0 Å². The molecule has 0 saturated carbocycles. The molecule has 0 saturated heterocycles. The van der Waals surface area contributed by atoms with Crippen molar-refractivity contribution in [3.05, 3.63) is 83.2 Å². The summed E-state index contributed by atoms with van der Waals surface area (Å²) in [4.78, 5) is 48.6. The van der Waals surface area contributed by atoms with Crippen LogP contribution in [0.5, 0.6) is 5.75 Å². The summed E-state index contributed by atoms with van der Waals surface area (Å²) < 4.78 is 6.01. The first-order valence-electron chi connectivity index (χ1n) is 15.1. The number of halogens is 2. The van der Waals surface area contributed by atoms with E-state index in [4.69, 9.17) is 4.74 Å². The van der Waals surface area contributed by atoms with Crippen LogP contribution in [-0.4, -0.2) is 67.4 Å². The molecule has 1 N–H and O–H groups in total. The predicted molar refractivity (Wildman–Crippen MR) is 182 cm³/mol. The third-order valence-electron chi connectivity index (χ3n) is 8.33. The minimum absolute atomic E-state index is 0. The lowest BCUT2D eigenvalue weighted by molar-refractivity contribution is -0.137. The van der Waals surface area contributed by atoms with E-state index in [0.29, 0.717) is 43.4 Å². The Morgan fingerprint density at radius 1 is 0.978 bits per heavy atom. The Bertz CT molecular complexity index is 1520. The van der Waals surface area contributed by atoms with Crippen LogP contribution >= 0.6 is 24.8 Å². The summed E-state index contributed by atoms with van der Waals surface area (Å²) in [5, 5.41) is 3.47. The number of hydrogen-bond donors (Lipinski definition) is 1. The molecular weight excluding hydrogens is 613 g/mol. The van der Waals surface area contributed by atoms with E-state index in [1.54, 1.807) is 30.7 Å². The Labute approximate surface area is 278 Å². The van der Waals surface area contributed by atoms with Crippen molar-refractivity contribution >= 4 is 53.9 Å². The van der Waals surface area contributed by atoms with Gasteiger partial charge < -0.3 is 24.8 Å². The van der Waals surface area contributed by atoms with Crippen molar-refractivity contribution in [1.82, 2.24) is 15.2 Å². The Hall–Kier alpha value is -3.66. The monoisotopic (exact) mass is 655 g/mol. The van der Waals surface area contributed by atoms with Gasteiger partial charge in [0.25, 0.3) is 5.91 Å². The van der Waals surface area contributed by atoms with E-state index in [0.717, 1.165) is 54.7 Å². The largest absolute Gasteiger partial charge is 0.493 e. The SMILES string of the molecule is CCN1C(=O)C(C)(C)C(=O)N(C)c2cc(OCCCNCc3ccnc(CCN4CCc5ccccc5C4=O)c3)ccc21.Cl.Cl. The highest BCUT2D eigenvalue weighted by atomic mass is 35.5. The number of rotatable bonds is 11. The molecule has 0 atom stereocenters. The maximum absolute atomic E-state index is 13.1. The predicted octanol–water partition coefficient (Wildman–Crippen LogP) is 5.08. The second-order valence-corrected chi connectivity index (χ2v) is 11.7. The van der Waals surface area contributed by atoms with Gasteiger partial charge >= 0.3 is 0 Å². The highest BCUT2D eigenvalue weighted by Crippen LogP contribution is 2.40. The molecular formula is C34H43Cl2N5O4. The van der Waals surface area contributed by atoms with Crippen LogP contribution in [0, 0.1) is 5.41 Å². The lowest BCUT2D eigenvalue weighted by Gasteiger charge is -2.28. The molecule has 3 aromatic rings. The van der Waals surface area contributed by atoms with E-state index in [1.807, 2.05) is 66.6 Å².